The summed E-state index contributed by atoms with van der Waals surface area (Å²) in [5.41, 5.74) is 0. The fourth-order valence-electron chi connectivity index (χ4n) is 3.75. The second-order valence-electron chi connectivity index (χ2n) is 7.28. The summed E-state index contributed by atoms with van der Waals surface area (Å²) >= 11 is 0. The van der Waals surface area contributed by atoms with Crippen molar-refractivity contribution in [1.82, 2.24) is 80.8 Å². The molecule has 0 aliphatic heterocycles. The highest BCUT2D eigenvalue weighted by Crippen LogP contribution is 2.35. The lowest BCUT2D eigenvalue weighted by Crippen LogP contribution is -2.24. The minimum atomic E-state index is -0.679. The summed E-state index contributed by atoms with van der Waals surface area (Å²) in [5.74, 6) is 0.0323. The molecule has 0 aromatic carbocycles. The van der Waals surface area contributed by atoms with E-state index in [9.17, 15) is 20.4 Å². The molecule has 4 aromatic rings. The SMILES string of the molecule is OCCn1nnnc1C(CC(c1nnnn1CCO)c1nnnn1CCO)c1nnnn1CCO. The third-order valence-corrected chi connectivity index (χ3v) is 5.20. The smallest absolute Gasteiger partial charge is 0.162 e. The minimum absolute atomic E-state index is 0.121. The molecule has 0 unspecified atom stereocenters. The van der Waals surface area contributed by atoms with E-state index in [1.807, 2.05) is 0 Å². The lowest BCUT2D eigenvalue weighted by atomic mass is 9.91. The van der Waals surface area contributed by atoms with Gasteiger partial charge in [-0.2, -0.15) is 0 Å². The quantitative estimate of drug-likeness (QED) is 0.128. The summed E-state index contributed by atoms with van der Waals surface area (Å²) < 4.78 is 5.69. The van der Waals surface area contributed by atoms with Crippen LogP contribution in [0.15, 0.2) is 0 Å². The Bertz CT molecular complexity index is 1010. The topological polar surface area (TPSA) is 255 Å². The largest absolute Gasteiger partial charge is 0.394 e. The summed E-state index contributed by atoms with van der Waals surface area (Å²) in [5, 5.41) is 85.3. The van der Waals surface area contributed by atoms with Gasteiger partial charge in [0, 0.05) is 0 Å². The maximum absolute atomic E-state index is 9.48. The lowest BCUT2D eigenvalue weighted by Gasteiger charge is -2.21. The first kappa shape index (κ1) is 24.3. The van der Waals surface area contributed by atoms with Gasteiger partial charge >= 0.3 is 0 Å². The number of tetrazole rings is 4. The van der Waals surface area contributed by atoms with Crippen LogP contribution in [0, 0.1) is 0 Å². The first-order valence-corrected chi connectivity index (χ1v) is 10.7. The fraction of sp³-hybridized carbons (Fsp3) is 0.733. The van der Waals surface area contributed by atoms with Crippen molar-refractivity contribution in [2.75, 3.05) is 26.4 Å². The van der Waals surface area contributed by atoms with Crippen LogP contribution in [-0.2, 0) is 26.2 Å². The van der Waals surface area contributed by atoms with Crippen LogP contribution in [0.2, 0.25) is 0 Å². The fourth-order valence-corrected chi connectivity index (χ4v) is 3.75. The zero-order chi connectivity index (χ0) is 24.6. The van der Waals surface area contributed by atoms with Crippen molar-refractivity contribution in [2.24, 2.45) is 0 Å². The number of aliphatic hydroxyl groups is 4. The normalized spacial score (nSPS) is 11.8. The van der Waals surface area contributed by atoms with E-state index in [1.165, 1.54) is 18.7 Å². The molecule has 188 valence electrons. The van der Waals surface area contributed by atoms with E-state index >= 15 is 0 Å². The van der Waals surface area contributed by atoms with Crippen molar-refractivity contribution in [3.63, 3.8) is 0 Å². The number of aromatic nitrogens is 16. The predicted octanol–water partition coefficient (Wildman–Crippen LogP) is -5.04. The van der Waals surface area contributed by atoms with Gasteiger partial charge in [-0.3, -0.25) is 0 Å². The highest BCUT2D eigenvalue weighted by molar-refractivity contribution is 5.17. The summed E-state index contributed by atoms with van der Waals surface area (Å²) in [6, 6.07) is 0. The minimum Gasteiger partial charge on any atom is -0.394 e. The van der Waals surface area contributed by atoms with E-state index < -0.39 is 11.8 Å². The molecule has 4 rings (SSSR count). The maximum Gasteiger partial charge on any atom is 0.162 e. The van der Waals surface area contributed by atoms with Gasteiger partial charge in [0.2, 0.25) is 0 Å². The van der Waals surface area contributed by atoms with Crippen molar-refractivity contribution in [3.05, 3.63) is 23.3 Å². The van der Waals surface area contributed by atoms with Crippen LogP contribution in [0.25, 0.3) is 0 Å². The highest BCUT2D eigenvalue weighted by Gasteiger charge is 2.36. The second-order valence-corrected chi connectivity index (χ2v) is 7.28. The molecule has 0 atom stereocenters. The molecule has 4 heterocycles. The van der Waals surface area contributed by atoms with Gasteiger partial charge in [0.25, 0.3) is 0 Å². The number of rotatable bonds is 14. The van der Waals surface area contributed by atoms with Crippen molar-refractivity contribution in [1.29, 1.82) is 0 Å². The Labute approximate surface area is 196 Å². The van der Waals surface area contributed by atoms with Gasteiger partial charge in [-0.1, -0.05) is 0 Å². The molecule has 0 bridgehead atoms. The summed E-state index contributed by atoms with van der Waals surface area (Å²) in [7, 11) is 0. The van der Waals surface area contributed by atoms with E-state index in [4.69, 9.17) is 0 Å². The van der Waals surface area contributed by atoms with Gasteiger partial charge in [-0.15, -0.1) is 20.4 Å². The molecule has 0 spiro atoms. The summed E-state index contributed by atoms with van der Waals surface area (Å²) in [6.07, 6.45) is 0.162. The lowest BCUT2D eigenvalue weighted by molar-refractivity contribution is 0.257. The van der Waals surface area contributed by atoms with Crippen LogP contribution < -0.4 is 0 Å². The molecular weight excluding hydrogens is 468 g/mol. The molecule has 4 aromatic heterocycles. The molecule has 20 heteroatoms. The Morgan fingerprint density at radius 2 is 0.714 bits per heavy atom. The van der Waals surface area contributed by atoms with Gasteiger partial charge in [0.15, 0.2) is 23.3 Å². The van der Waals surface area contributed by atoms with Crippen LogP contribution in [0.4, 0.5) is 0 Å². The van der Waals surface area contributed by atoms with Crippen molar-refractivity contribution < 1.29 is 20.4 Å². The molecule has 0 radical (unpaired) electrons. The summed E-state index contributed by atoms with van der Waals surface area (Å²) in [4.78, 5) is 0. The molecule has 20 nitrogen and oxygen atoms in total. The van der Waals surface area contributed by atoms with Crippen LogP contribution in [0.1, 0.15) is 41.6 Å². The molecule has 0 saturated heterocycles. The second kappa shape index (κ2) is 11.5. The van der Waals surface area contributed by atoms with Gasteiger partial charge in [-0.25, -0.2) is 18.7 Å². The van der Waals surface area contributed by atoms with E-state index in [2.05, 4.69) is 62.1 Å². The van der Waals surface area contributed by atoms with Crippen LogP contribution >= 0.6 is 0 Å². The average molecular weight is 492 g/mol. The zero-order valence-electron chi connectivity index (χ0n) is 18.5. The van der Waals surface area contributed by atoms with Crippen molar-refractivity contribution in [2.45, 2.75) is 44.4 Å². The Balaban J connectivity index is 1.84. The van der Waals surface area contributed by atoms with Crippen molar-refractivity contribution >= 4 is 0 Å². The third-order valence-electron chi connectivity index (χ3n) is 5.20. The van der Waals surface area contributed by atoms with Gasteiger partial charge < -0.3 is 20.4 Å². The Morgan fingerprint density at radius 1 is 0.457 bits per heavy atom. The zero-order valence-corrected chi connectivity index (χ0v) is 18.5. The number of hydrogen-bond acceptors (Lipinski definition) is 16. The molecule has 35 heavy (non-hydrogen) atoms. The number of hydrogen-bond donors (Lipinski definition) is 4. The molecule has 0 aliphatic carbocycles. The standard InChI is InChI=1S/C15H24N16O4/c32-5-1-28-12(16-20-24-28)10(13-17-21-25-29(13)2-6-33)9-11(14-18-22-26-30(14)3-7-34)15-19-23-27-31(15)4-8-35/h10-11,32-35H,1-9H2. The average Bonchev–Trinajstić information content (AvgIpc) is 3.65. The van der Waals surface area contributed by atoms with Gasteiger partial charge in [0.05, 0.1) is 64.4 Å². The Kier molecular flexibility index (Phi) is 7.97. The van der Waals surface area contributed by atoms with Gasteiger partial charge in [-0.05, 0) is 48.1 Å². The van der Waals surface area contributed by atoms with E-state index in [-0.39, 0.29) is 59.0 Å². The van der Waals surface area contributed by atoms with E-state index in [0.717, 1.165) is 0 Å². The monoisotopic (exact) mass is 492 g/mol. The molecule has 0 aliphatic rings. The first-order chi connectivity index (χ1) is 17.2. The molecule has 0 fully saturated rings. The predicted molar refractivity (Wildman–Crippen MR) is 108 cm³/mol. The number of aliphatic hydroxyl groups excluding tert-OH is 4. The van der Waals surface area contributed by atoms with E-state index in [0.29, 0.717) is 23.3 Å². The molecule has 0 amide bonds. The van der Waals surface area contributed by atoms with Gasteiger partial charge in [0.1, 0.15) is 0 Å². The van der Waals surface area contributed by atoms with Crippen LogP contribution in [-0.4, -0.2) is 128 Å². The molecule has 0 saturated carbocycles. The maximum atomic E-state index is 9.48. The third kappa shape index (κ3) is 5.13. The Morgan fingerprint density at radius 3 is 0.943 bits per heavy atom. The van der Waals surface area contributed by atoms with Crippen LogP contribution in [0.5, 0.6) is 0 Å². The molecular formula is C15H24N16O4. The Hall–Kier alpha value is -3.88. The van der Waals surface area contributed by atoms with Crippen LogP contribution in [0.3, 0.4) is 0 Å². The highest BCUT2D eigenvalue weighted by atomic mass is 16.3. The number of nitrogens with zero attached hydrogens (tertiary/aromatic N) is 16. The van der Waals surface area contributed by atoms with E-state index in [1.54, 1.807) is 0 Å². The van der Waals surface area contributed by atoms with Crippen molar-refractivity contribution in [3.8, 4) is 0 Å². The molecule has 4 N–H and O–H groups in total. The first-order valence-electron chi connectivity index (χ1n) is 10.7. The summed E-state index contributed by atoms with van der Waals surface area (Å²) in [6.45, 7) is -0.354.